The van der Waals surface area contributed by atoms with Gasteiger partial charge in [0.05, 0.1) is 0 Å². The monoisotopic (exact) mass is 633 g/mol. The molecule has 3 aliphatic heterocycles. The van der Waals surface area contributed by atoms with Gasteiger partial charge in [0.2, 0.25) is 15.9 Å². The Morgan fingerprint density at radius 1 is 1.14 bits per heavy atom. The van der Waals surface area contributed by atoms with Crippen LogP contribution in [0, 0.1) is 6.92 Å². The van der Waals surface area contributed by atoms with E-state index in [1.54, 1.807) is 13.0 Å². The number of alkyl halides is 3. The summed E-state index contributed by atoms with van der Waals surface area (Å²) >= 11 is 0. The zero-order chi connectivity index (χ0) is 31.7. The number of aliphatic imine (C=N–C) groups is 1. The predicted molar refractivity (Wildman–Crippen MR) is 160 cm³/mol. The largest absolute Gasteiger partial charge is 0.573 e. The summed E-state index contributed by atoms with van der Waals surface area (Å²) in [4.78, 5) is 31.7. The van der Waals surface area contributed by atoms with Crippen molar-refractivity contribution in [1.82, 2.24) is 14.9 Å². The minimum absolute atomic E-state index is 0.0375. The van der Waals surface area contributed by atoms with Crippen LogP contribution in [0.2, 0.25) is 0 Å². The first kappa shape index (κ1) is 31.7. The second-order valence-corrected chi connectivity index (χ2v) is 13.0. The molecule has 44 heavy (non-hydrogen) atoms. The molecule has 5 rings (SSSR count). The van der Waals surface area contributed by atoms with Gasteiger partial charge in [-0.3, -0.25) is 14.6 Å². The molecular weight excluding hydrogens is 599 g/mol. The lowest BCUT2D eigenvalue weighted by molar-refractivity contribution is -0.274. The van der Waals surface area contributed by atoms with Gasteiger partial charge in [-0.15, -0.1) is 13.2 Å². The summed E-state index contributed by atoms with van der Waals surface area (Å²) in [7, 11) is -3.83. The lowest BCUT2D eigenvalue weighted by Gasteiger charge is -2.34. The Balaban J connectivity index is 1.25. The van der Waals surface area contributed by atoms with Gasteiger partial charge in [-0.25, -0.2) is 8.42 Å². The number of carbonyl (C=O) groups excluding carboxylic acids is 2. The summed E-state index contributed by atoms with van der Waals surface area (Å²) in [6.07, 6.45) is -1.41. The molecule has 0 saturated carbocycles. The highest BCUT2D eigenvalue weighted by atomic mass is 32.2. The Kier molecular flexibility index (Phi) is 8.87. The van der Waals surface area contributed by atoms with Crippen molar-refractivity contribution in [2.45, 2.75) is 57.5 Å². The summed E-state index contributed by atoms with van der Waals surface area (Å²) in [6.45, 7) is 5.17. The normalized spacial score (nSPS) is 19.7. The van der Waals surface area contributed by atoms with E-state index in [-0.39, 0.29) is 49.3 Å². The van der Waals surface area contributed by atoms with Crippen LogP contribution in [0.4, 0.5) is 18.9 Å². The molecule has 2 amide bonds. The van der Waals surface area contributed by atoms with Crippen LogP contribution in [-0.2, 0) is 19.6 Å². The number of carbonyl (C=O) groups is 2. The van der Waals surface area contributed by atoms with Gasteiger partial charge in [-0.05, 0) is 87.2 Å². The standard InChI is InChI=1S/C30H34F3N5O5S/c1-20-18-25(38(21(2)39)24-8-13-34-14-9-24)7-6-22(20)10-17-44(41,42)37-15-11-29(12-16-37)28(40)35-27(36-29)23-4-3-5-26(19-23)43-30(31,32)33/h3-7,10,17-19,24,34H,8-9,11-16H2,1-2H3,(H,35,36,40)/b17-10+. The van der Waals surface area contributed by atoms with E-state index in [0.717, 1.165) is 54.7 Å². The van der Waals surface area contributed by atoms with Crippen molar-refractivity contribution in [1.29, 1.82) is 0 Å². The number of nitrogens with zero attached hydrogens (tertiary/aromatic N) is 3. The fourth-order valence-electron chi connectivity index (χ4n) is 5.90. The number of sulfonamides is 1. The number of hydrogen-bond acceptors (Lipinski definition) is 7. The van der Waals surface area contributed by atoms with E-state index in [4.69, 9.17) is 0 Å². The Bertz CT molecular complexity index is 1590. The third-order valence-electron chi connectivity index (χ3n) is 8.20. The molecule has 2 N–H and O–H groups in total. The van der Waals surface area contributed by atoms with Gasteiger partial charge in [0.25, 0.3) is 5.91 Å². The molecule has 236 valence electrons. The Labute approximate surface area is 254 Å². The van der Waals surface area contributed by atoms with Gasteiger partial charge in [0.1, 0.15) is 17.1 Å². The maximum Gasteiger partial charge on any atom is 0.573 e. The first-order chi connectivity index (χ1) is 20.8. The molecule has 2 saturated heterocycles. The van der Waals surface area contributed by atoms with Crippen LogP contribution in [0.25, 0.3) is 6.08 Å². The second kappa shape index (κ2) is 12.3. The molecule has 0 atom stereocenters. The van der Waals surface area contributed by atoms with Crippen LogP contribution in [0.3, 0.4) is 0 Å². The minimum atomic E-state index is -4.86. The fourth-order valence-corrected chi connectivity index (χ4v) is 7.08. The Morgan fingerprint density at radius 3 is 2.48 bits per heavy atom. The molecule has 2 aromatic rings. The predicted octanol–water partition coefficient (Wildman–Crippen LogP) is 3.71. The highest BCUT2D eigenvalue weighted by Crippen LogP contribution is 2.33. The first-order valence-electron chi connectivity index (χ1n) is 14.3. The van der Waals surface area contributed by atoms with Crippen LogP contribution < -0.4 is 20.3 Å². The second-order valence-electron chi connectivity index (χ2n) is 11.2. The third-order valence-corrected chi connectivity index (χ3v) is 9.76. The molecular formula is C30H34F3N5O5S. The lowest BCUT2D eigenvalue weighted by atomic mass is 9.89. The molecule has 3 heterocycles. The number of nitrogens with one attached hydrogen (secondary N) is 2. The van der Waals surface area contributed by atoms with Crippen molar-refractivity contribution in [2.24, 2.45) is 4.99 Å². The van der Waals surface area contributed by atoms with Crippen molar-refractivity contribution in [3.05, 3.63) is 64.6 Å². The van der Waals surface area contributed by atoms with Gasteiger partial charge in [0.15, 0.2) is 0 Å². The van der Waals surface area contributed by atoms with Crippen molar-refractivity contribution < 1.29 is 35.9 Å². The summed E-state index contributed by atoms with van der Waals surface area (Å²) < 4.78 is 69.6. The third kappa shape index (κ3) is 6.97. The minimum Gasteiger partial charge on any atom is -0.406 e. The van der Waals surface area contributed by atoms with E-state index < -0.39 is 33.6 Å². The van der Waals surface area contributed by atoms with E-state index in [1.165, 1.54) is 22.5 Å². The number of anilines is 1. The van der Waals surface area contributed by atoms with Crippen molar-refractivity contribution in [3.63, 3.8) is 0 Å². The van der Waals surface area contributed by atoms with Crippen molar-refractivity contribution >= 4 is 39.4 Å². The molecule has 1 spiro atoms. The maximum atomic E-state index is 13.2. The highest BCUT2D eigenvalue weighted by Gasteiger charge is 2.47. The average molecular weight is 634 g/mol. The number of rotatable bonds is 7. The topological polar surface area (TPSA) is 120 Å². The number of halogens is 3. The molecule has 0 unspecified atom stereocenters. The smallest absolute Gasteiger partial charge is 0.406 e. The van der Waals surface area contributed by atoms with E-state index in [9.17, 15) is 31.2 Å². The van der Waals surface area contributed by atoms with E-state index in [2.05, 4.69) is 20.4 Å². The number of aryl methyl sites for hydroxylation is 1. The molecule has 0 aliphatic carbocycles. The van der Waals surface area contributed by atoms with E-state index in [1.807, 2.05) is 24.0 Å². The van der Waals surface area contributed by atoms with Crippen molar-refractivity contribution in [3.8, 4) is 5.75 Å². The molecule has 0 bridgehead atoms. The molecule has 14 heteroatoms. The van der Waals surface area contributed by atoms with Crippen LogP contribution in [-0.4, -0.2) is 74.5 Å². The highest BCUT2D eigenvalue weighted by molar-refractivity contribution is 7.92. The SMILES string of the molecule is CC(=O)N(c1ccc(/C=C/S(=O)(=O)N2CCC3(CC2)N=C(c2cccc(OC(F)(F)F)c2)NC3=O)c(C)c1)C1CCNCC1. The fraction of sp³-hybridized carbons (Fsp3) is 0.433. The Hall–Kier alpha value is -3.75. The van der Waals surface area contributed by atoms with Gasteiger partial charge < -0.3 is 20.3 Å². The summed E-state index contributed by atoms with van der Waals surface area (Å²) in [5, 5.41) is 7.07. The first-order valence-corrected chi connectivity index (χ1v) is 15.8. The van der Waals surface area contributed by atoms with Crippen LogP contribution in [0.15, 0.2) is 52.9 Å². The molecule has 2 aromatic carbocycles. The van der Waals surface area contributed by atoms with Crippen LogP contribution in [0.1, 0.15) is 49.3 Å². The van der Waals surface area contributed by atoms with Crippen molar-refractivity contribution in [2.75, 3.05) is 31.1 Å². The molecule has 2 fully saturated rings. The quantitative estimate of drug-likeness (QED) is 0.480. The molecule has 10 nitrogen and oxygen atoms in total. The van der Waals surface area contributed by atoms with Gasteiger partial charge >= 0.3 is 6.36 Å². The number of amidine groups is 1. The number of piperidine rings is 2. The maximum absolute atomic E-state index is 13.2. The summed E-state index contributed by atoms with van der Waals surface area (Å²) in [5.41, 5.74) is 1.33. The zero-order valence-electron chi connectivity index (χ0n) is 24.4. The summed E-state index contributed by atoms with van der Waals surface area (Å²) in [5.74, 6) is -0.798. The number of hydrogen-bond donors (Lipinski definition) is 2. The van der Waals surface area contributed by atoms with Crippen LogP contribution >= 0.6 is 0 Å². The summed E-state index contributed by atoms with van der Waals surface area (Å²) in [6, 6.07) is 10.8. The van der Waals surface area contributed by atoms with Gasteiger partial charge in [-0.1, -0.05) is 18.2 Å². The molecule has 3 aliphatic rings. The van der Waals surface area contributed by atoms with E-state index >= 15 is 0 Å². The van der Waals surface area contributed by atoms with Gasteiger partial charge in [-0.2, -0.15) is 4.31 Å². The number of ether oxygens (including phenoxy) is 1. The molecule has 0 aromatic heterocycles. The van der Waals surface area contributed by atoms with Gasteiger partial charge in [0, 0.05) is 42.7 Å². The molecule has 0 radical (unpaired) electrons. The zero-order valence-corrected chi connectivity index (χ0v) is 25.2. The average Bonchev–Trinajstić information content (AvgIpc) is 3.27. The Morgan fingerprint density at radius 2 is 1.84 bits per heavy atom. The number of benzene rings is 2. The lowest BCUT2D eigenvalue weighted by Crippen LogP contribution is -2.50. The van der Waals surface area contributed by atoms with Crippen LogP contribution in [0.5, 0.6) is 5.75 Å². The number of amides is 2. The van der Waals surface area contributed by atoms with E-state index in [0.29, 0.717) is 5.56 Å².